The van der Waals surface area contributed by atoms with E-state index in [-0.39, 0.29) is 17.3 Å². The number of carbonyl (C=O) groups is 2. The van der Waals surface area contributed by atoms with Gasteiger partial charge in [0.25, 0.3) is 0 Å². The maximum absolute atomic E-state index is 12.0. The number of hydrogen-bond donors (Lipinski definition) is 1. The maximum Gasteiger partial charge on any atom is 0.309 e. The van der Waals surface area contributed by atoms with Crippen LogP contribution in [0.5, 0.6) is 0 Å². The average molecular weight is 417 g/mol. The minimum Gasteiger partial charge on any atom is -0.469 e. The zero-order valence-corrected chi connectivity index (χ0v) is 18.7. The monoisotopic (exact) mass is 416 g/mol. The Kier molecular flexibility index (Phi) is 8.30. The van der Waals surface area contributed by atoms with Crippen LogP contribution in [0, 0.1) is 27.6 Å². The second-order valence-corrected chi connectivity index (χ2v) is 9.63. The molecule has 0 radical (unpaired) electrons. The molecule has 0 heterocycles. The molecule has 3 rings (SSSR count). The van der Waals surface area contributed by atoms with E-state index in [1.54, 1.807) is 0 Å². The molecule has 2 fully saturated rings. The van der Waals surface area contributed by atoms with Crippen LogP contribution in [0.15, 0.2) is 35.5 Å². The minimum absolute atomic E-state index is 0.0231. The van der Waals surface area contributed by atoms with Gasteiger partial charge in [-0.1, -0.05) is 63.9 Å². The molecule has 6 heteroatoms. The molecule has 1 amide bonds. The van der Waals surface area contributed by atoms with Crippen molar-refractivity contribution < 1.29 is 14.3 Å². The predicted molar refractivity (Wildman–Crippen MR) is 118 cm³/mol. The van der Waals surface area contributed by atoms with Gasteiger partial charge in [-0.3, -0.25) is 9.59 Å². The fourth-order valence-electron chi connectivity index (χ4n) is 5.71. The lowest BCUT2D eigenvalue weighted by atomic mass is 9.48. The molecule has 4 atom stereocenters. The number of hydrogen-bond acceptors (Lipinski definition) is 5. The summed E-state index contributed by atoms with van der Waals surface area (Å²) in [5.41, 5.74) is 6.90. The van der Waals surface area contributed by atoms with Crippen LogP contribution in [-0.4, -0.2) is 25.0 Å². The van der Waals surface area contributed by atoms with Gasteiger partial charge < -0.3 is 10.5 Å². The normalized spacial score (nSPS) is 28.2. The Morgan fingerprint density at radius 2 is 1.80 bits per heavy atom. The first-order chi connectivity index (χ1) is 14.2. The third-order valence-electron chi connectivity index (χ3n) is 7.25. The number of ether oxygens (including phenoxy) is 1. The molecule has 166 valence electrons. The third kappa shape index (κ3) is 5.54. The van der Waals surface area contributed by atoms with Crippen LogP contribution in [0.1, 0.15) is 64.9 Å². The van der Waals surface area contributed by atoms with E-state index in [4.69, 9.17) is 10.5 Å². The van der Waals surface area contributed by atoms with Crippen molar-refractivity contribution in [3.63, 3.8) is 0 Å². The lowest BCUT2D eigenvalue weighted by molar-refractivity contribution is -0.161. The van der Waals surface area contributed by atoms with E-state index in [9.17, 15) is 14.5 Å². The van der Waals surface area contributed by atoms with Gasteiger partial charge in [0.05, 0.1) is 19.1 Å². The van der Waals surface area contributed by atoms with Crippen LogP contribution in [0.3, 0.4) is 0 Å². The van der Waals surface area contributed by atoms with Gasteiger partial charge in [0.2, 0.25) is 0 Å². The van der Waals surface area contributed by atoms with Gasteiger partial charge in [-0.05, 0) is 54.4 Å². The molecule has 0 aliphatic heterocycles. The van der Waals surface area contributed by atoms with Gasteiger partial charge >= 0.3 is 11.9 Å². The molecule has 0 saturated heterocycles. The van der Waals surface area contributed by atoms with E-state index < -0.39 is 11.9 Å². The summed E-state index contributed by atoms with van der Waals surface area (Å²) in [7, 11) is 1.53. The number of benzene rings is 1. The summed E-state index contributed by atoms with van der Waals surface area (Å²) >= 11 is 0. The van der Waals surface area contributed by atoms with Crippen molar-refractivity contribution in [3.05, 3.63) is 40.8 Å². The van der Waals surface area contributed by atoms with E-state index >= 15 is 0 Å². The van der Waals surface area contributed by atoms with Crippen molar-refractivity contribution in [2.24, 2.45) is 33.6 Å². The largest absolute Gasteiger partial charge is 0.469 e. The van der Waals surface area contributed by atoms with Crippen molar-refractivity contribution in [3.8, 4) is 0 Å². The van der Waals surface area contributed by atoms with Crippen molar-refractivity contribution in [1.82, 2.24) is 0 Å². The van der Waals surface area contributed by atoms with Gasteiger partial charge in [-0.15, -0.1) is 4.91 Å². The number of carbonyl (C=O) groups excluding carboxylic acids is 2. The van der Waals surface area contributed by atoms with Crippen molar-refractivity contribution >= 4 is 11.9 Å². The number of methoxy groups -OCH3 is 1. The zero-order chi connectivity index (χ0) is 22.4. The van der Waals surface area contributed by atoms with Crippen LogP contribution >= 0.6 is 0 Å². The standard InChI is InChI=1S/C15H26O2.C9H10N2O2/c1-14(2)9-6-10-15(3)11(13(16)17-4)7-5-8-12(14)15;10-8(9(12)11-13)6-7-4-2-1-3-5-7/h11-12H,5-10H2,1-4H3;1-5,8H,6,10H2/t11-,12?,15-;/m1./s1. The Labute approximate surface area is 179 Å². The van der Waals surface area contributed by atoms with E-state index in [2.05, 4.69) is 25.9 Å². The zero-order valence-electron chi connectivity index (χ0n) is 18.7. The molecule has 0 aromatic heterocycles. The highest BCUT2D eigenvalue weighted by molar-refractivity contribution is 5.82. The van der Waals surface area contributed by atoms with Gasteiger partial charge in [-0.25, -0.2) is 0 Å². The molecule has 6 nitrogen and oxygen atoms in total. The third-order valence-corrected chi connectivity index (χ3v) is 7.25. The first-order valence-corrected chi connectivity index (χ1v) is 10.9. The lowest BCUT2D eigenvalue weighted by Gasteiger charge is -2.56. The summed E-state index contributed by atoms with van der Waals surface area (Å²) in [6, 6.07) is 8.44. The predicted octanol–water partition coefficient (Wildman–Crippen LogP) is 4.64. The second-order valence-electron chi connectivity index (χ2n) is 9.63. The molecule has 2 unspecified atom stereocenters. The van der Waals surface area contributed by atoms with Crippen LogP contribution in [0.25, 0.3) is 0 Å². The van der Waals surface area contributed by atoms with Crippen molar-refractivity contribution in [1.29, 1.82) is 0 Å². The van der Waals surface area contributed by atoms with Gasteiger partial charge in [0, 0.05) is 5.18 Å². The second kappa shape index (κ2) is 10.3. The summed E-state index contributed by atoms with van der Waals surface area (Å²) in [5, 5.41) is 2.27. The van der Waals surface area contributed by atoms with E-state index in [1.807, 2.05) is 30.3 Å². The molecule has 2 saturated carbocycles. The van der Waals surface area contributed by atoms with Crippen LogP contribution in [0.4, 0.5) is 0 Å². The fourth-order valence-corrected chi connectivity index (χ4v) is 5.71. The number of nitrogens with two attached hydrogens (primary N) is 1. The molecule has 1 aromatic rings. The Morgan fingerprint density at radius 3 is 2.40 bits per heavy atom. The lowest BCUT2D eigenvalue weighted by Crippen LogP contribution is -2.51. The summed E-state index contributed by atoms with van der Waals surface area (Å²) in [6.45, 7) is 7.10. The molecular formula is C24H36N2O4. The van der Waals surface area contributed by atoms with Crippen LogP contribution in [0.2, 0.25) is 0 Å². The number of rotatable bonds is 4. The van der Waals surface area contributed by atoms with E-state index in [0.29, 0.717) is 17.8 Å². The maximum atomic E-state index is 12.0. The summed E-state index contributed by atoms with van der Waals surface area (Å²) in [4.78, 5) is 32.6. The highest BCUT2D eigenvalue weighted by Gasteiger charge is 2.54. The molecule has 1 aromatic carbocycles. The summed E-state index contributed by atoms with van der Waals surface area (Å²) in [5.74, 6) is 0.0335. The highest BCUT2D eigenvalue weighted by Crippen LogP contribution is 2.59. The summed E-state index contributed by atoms with van der Waals surface area (Å²) < 4.78 is 5.03. The Balaban J connectivity index is 0.000000222. The first kappa shape index (κ1) is 24.2. The van der Waals surface area contributed by atoms with Crippen LogP contribution < -0.4 is 5.73 Å². The molecule has 2 aliphatic carbocycles. The number of esters is 1. The van der Waals surface area contributed by atoms with Gasteiger partial charge in [-0.2, -0.15) is 0 Å². The average Bonchev–Trinajstić information content (AvgIpc) is 2.73. The Hall–Kier alpha value is -2.08. The van der Waals surface area contributed by atoms with Crippen molar-refractivity contribution in [2.45, 2.75) is 71.8 Å². The van der Waals surface area contributed by atoms with Gasteiger partial charge in [0.1, 0.15) is 0 Å². The van der Waals surface area contributed by atoms with Gasteiger partial charge in [0.15, 0.2) is 0 Å². The quantitative estimate of drug-likeness (QED) is 0.569. The highest BCUT2D eigenvalue weighted by atomic mass is 16.5. The fraction of sp³-hybridized carbons (Fsp3) is 0.667. The Morgan fingerprint density at radius 1 is 1.13 bits per heavy atom. The minimum atomic E-state index is -0.820. The first-order valence-electron chi connectivity index (χ1n) is 10.9. The van der Waals surface area contributed by atoms with Crippen molar-refractivity contribution in [2.75, 3.05) is 7.11 Å². The smallest absolute Gasteiger partial charge is 0.309 e. The van der Waals surface area contributed by atoms with Crippen LogP contribution in [-0.2, 0) is 20.7 Å². The molecule has 2 aliphatic rings. The Bertz CT molecular complexity index is 734. The summed E-state index contributed by atoms with van der Waals surface area (Å²) in [6.07, 6.45) is 7.61. The SMILES string of the molecule is COC(=O)[C@H]1CCCC2C(C)(C)CCC[C@@]21C.NC(Cc1ccccc1)C(=O)N=O. The molecule has 0 spiro atoms. The number of amides is 1. The molecule has 0 bridgehead atoms. The molecule has 30 heavy (non-hydrogen) atoms. The molecular weight excluding hydrogens is 380 g/mol. The topological polar surface area (TPSA) is 98.8 Å². The molecule has 2 N–H and O–H groups in total. The van der Waals surface area contributed by atoms with E-state index in [0.717, 1.165) is 12.0 Å². The number of nitroso groups, excluding NO2 is 1. The number of fused-ring (bicyclic) bond motifs is 1. The number of nitrogens with zero attached hydrogens (tertiary/aromatic N) is 1. The van der Waals surface area contributed by atoms with E-state index in [1.165, 1.54) is 39.2 Å².